The largest absolute Gasteiger partial charge is 0.348 e. The Bertz CT molecular complexity index is 1220. The lowest BCUT2D eigenvalue weighted by molar-refractivity contribution is -0.122. The van der Waals surface area contributed by atoms with Crippen LogP contribution in [-0.4, -0.2) is 20.7 Å². The molecule has 0 spiro atoms. The fraction of sp³-hybridized carbons (Fsp3) is 0.160. The second kappa shape index (κ2) is 10.4. The number of amides is 1. The van der Waals surface area contributed by atoms with Crippen molar-refractivity contribution in [3.05, 3.63) is 106 Å². The predicted molar refractivity (Wildman–Crippen MR) is 130 cm³/mol. The van der Waals surface area contributed by atoms with Crippen LogP contribution in [0.2, 0.25) is 5.02 Å². The molecule has 0 saturated heterocycles. The van der Waals surface area contributed by atoms with Crippen molar-refractivity contribution in [3.8, 4) is 11.4 Å². The minimum absolute atomic E-state index is 0.0714. The third-order valence-corrected chi connectivity index (χ3v) is 5.83. The molecule has 1 atom stereocenters. The number of rotatable bonds is 8. The molecule has 0 fully saturated rings. The number of hydrogen-bond donors (Lipinski definition) is 2. The van der Waals surface area contributed by atoms with Gasteiger partial charge in [-0.15, -0.1) is 0 Å². The van der Waals surface area contributed by atoms with Gasteiger partial charge in [-0.1, -0.05) is 72.3 Å². The van der Waals surface area contributed by atoms with Crippen LogP contribution in [0.15, 0.2) is 84.9 Å². The highest BCUT2D eigenvalue weighted by atomic mass is 35.5. The Morgan fingerprint density at radius 2 is 1.66 bits per heavy atom. The number of halogens is 1. The summed E-state index contributed by atoms with van der Waals surface area (Å²) < 4.78 is 2.10. The molecule has 1 unspecified atom stereocenters. The summed E-state index contributed by atoms with van der Waals surface area (Å²) in [7, 11) is 0. The molecule has 32 heavy (non-hydrogen) atoms. The van der Waals surface area contributed by atoms with Crippen molar-refractivity contribution in [2.75, 3.05) is 0 Å². The molecule has 2 N–H and O–H groups in total. The van der Waals surface area contributed by atoms with Gasteiger partial charge in [0, 0.05) is 10.6 Å². The summed E-state index contributed by atoms with van der Waals surface area (Å²) >= 11 is 11.4. The second-order valence-corrected chi connectivity index (χ2v) is 8.32. The number of H-pyrrole nitrogens is 1. The third kappa shape index (κ3) is 5.52. The zero-order valence-electron chi connectivity index (χ0n) is 17.4. The summed E-state index contributed by atoms with van der Waals surface area (Å²) in [6, 6.07) is 27.5. The molecule has 0 saturated carbocycles. The van der Waals surface area contributed by atoms with Crippen molar-refractivity contribution in [3.63, 3.8) is 0 Å². The highest BCUT2D eigenvalue weighted by molar-refractivity contribution is 7.71. The first-order chi connectivity index (χ1) is 15.6. The van der Waals surface area contributed by atoms with Crippen LogP contribution in [0.3, 0.4) is 0 Å². The van der Waals surface area contributed by atoms with E-state index in [9.17, 15) is 4.79 Å². The molecule has 1 amide bonds. The van der Waals surface area contributed by atoms with Crippen LogP contribution in [0.1, 0.15) is 23.6 Å². The van der Waals surface area contributed by atoms with E-state index in [-0.39, 0.29) is 18.5 Å². The van der Waals surface area contributed by atoms with E-state index >= 15 is 0 Å². The van der Waals surface area contributed by atoms with Crippen LogP contribution in [0.4, 0.5) is 0 Å². The minimum Gasteiger partial charge on any atom is -0.348 e. The average molecular weight is 463 g/mol. The van der Waals surface area contributed by atoms with Gasteiger partial charge in [0.15, 0.2) is 10.6 Å². The van der Waals surface area contributed by atoms with Crippen molar-refractivity contribution in [2.45, 2.75) is 25.4 Å². The number of hydrogen-bond acceptors (Lipinski definition) is 3. The number of aromatic nitrogens is 3. The highest BCUT2D eigenvalue weighted by Crippen LogP contribution is 2.22. The van der Waals surface area contributed by atoms with E-state index in [2.05, 4.69) is 27.6 Å². The molecule has 0 aliphatic rings. The number of nitrogens with one attached hydrogen (secondary N) is 2. The van der Waals surface area contributed by atoms with Gasteiger partial charge in [0.05, 0.1) is 6.04 Å². The number of nitrogens with zero attached hydrogens (tertiary/aromatic N) is 2. The van der Waals surface area contributed by atoms with E-state index < -0.39 is 0 Å². The van der Waals surface area contributed by atoms with E-state index in [0.717, 1.165) is 24.0 Å². The quantitative estimate of drug-likeness (QED) is 0.327. The number of aryl methyl sites for hydroxylation is 1. The second-order valence-electron chi connectivity index (χ2n) is 7.50. The standard InChI is InChI=1S/C25H23ClN4OS/c26-21-14-12-20(13-15-21)24-28-29-25(32)30(24)17-23(31)27-22(19-9-5-2-6-10-19)16-11-18-7-3-1-4-8-18/h1-10,12-15,22H,11,16-17H2,(H,27,31)(H,29,32). The molecule has 0 bridgehead atoms. The SMILES string of the molecule is O=C(Cn1c(-c2ccc(Cl)cc2)n[nH]c1=S)NC(CCc1ccccc1)c1ccccc1. The maximum absolute atomic E-state index is 13.1. The fourth-order valence-corrected chi connectivity index (χ4v) is 3.95. The Balaban J connectivity index is 1.51. The molecule has 0 radical (unpaired) electrons. The summed E-state index contributed by atoms with van der Waals surface area (Å²) in [6.07, 6.45) is 1.66. The van der Waals surface area contributed by atoms with E-state index in [1.54, 1.807) is 16.7 Å². The summed E-state index contributed by atoms with van der Waals surface area (Å²) in [4.78, 5) is 13.1. The Morgan fingerprint density at radius 3 is 2.34 bits per heavy atom. The van der Waals surface area contributed by atoms with Gasteiger partial charge in [-0.3, -0.25) is 14.5 Å². The molecule has 0 aliphatic heterocycles. The molecule has 5 nitrogen and oxygen atoms in total. The fourth-order valence-electron chi connectivity index (χ4n) is 3.63. The van der Waals surface area contributed by atoms with Gasteiger partial charge < -0.3 is 5.32 Å². The Labute approximate surface area is 197 Å². The molecular weight excluding hydrogens is 440 g/mol. The van der Waals surface area contributed by atoms with Crippen LogP contribution in [0.25, 0.3) is 11.4 Å². The Kier molecular flexibility index (Phi) is 7.14. The topological polar surface area (TPSA) is 62.7 Å². The molecule has 0 aliphatic carbocycles. The summed E-state index contributed by atoms with van der Waals surface area (Å²) in [5.41, 5.74) is 3.15. The highest BCUT2D eigenvalue weighted by Gasteiger charge is 2.17. The maximum atomic E-state index is 13.1. The van der Waals surface area contributed by atoms with Crippen molar-refractivity contribution in [1.29, 1.82) is 0 Å². The minimum atomic E-state index is -0.125. The first-order valence-corrected chi connectivity index (χ1v) is 11.2. The summed E-state index contributed by atoms with van der Waals surface area (Å²) in [6.45, 7) is 0.0714. The zero-order chi connectivity index (χ0) is 22.3. The van der Waals surface area contributed by atoms with Gasteiger partial charge in [-0.25, -0.2) is 0 Å². The molecule has 7 heteroatoms. The molecular formula is C25H23ClN4OS. The van der Waals surface area contributed by atoms with Gasteiger partial charge >= 0.3 is 0 Å². The number of benzene rings is 3. The van der Waals surface area contributed by atoms with Crippen LogP contribution in [0, 0.1) is 4.77 Å². The van der Waals surface area contributed by atoms with E-state index in [4.69, 9.17) is 23.8 Å². The van der Waals surface area contributed by atoms with Gasteiger partial charge in [0.2, 0.25) is 5.91 Å². The van der Waals surface area contributed by atoms with E-state index in [1.807, 2.05) is 60.7 Å². The number of carbonyl (C=O) groups is 1. The smallest absolute Gasteiger partial charge is 0.240 e. The van der Waals surface area contributed by atoms with Gasteiger partial charge in [0.1, 0.15) is 6.54 Å². The summed E-state index contributed by atoms with van der Waals surface area (Å²) in [5, 5.41) is 10.9. The van der Waals surface area contributed by atoms with E-state index in [0.29, 0.717) is 15.6 Å². The lowest BCUT2D eigenvalue weighted by Crippen LogP contribution is -2.32. The molecule has 4 rings (SSSR count). The van der Waals surface area contributed by atoms with Crippen molar-refractivity contribution >= 4 is 29.7 Å². The Hall–Kier alpha value is -3.22. The average Bonchev–Trinajstić information content (AvgIpc) is 3.18. The molecule has 162 valence electrons. The predicted octanol–water partition coefficient (Wildman–Crippen LogP) is 5.75. The maximum Gasteiger partial charge on any atom is 0.240 e. The normalized spacial score (nSPS) is 11.8. The first kappa shape index (κ1) is 22.0. The Morgan fingerprint density at radius 1 is 1.00 bits per heavy atom. The number of carbonyl (C=O) groups excluding carboxylic acids is 1. The van der Waals surface area contributed by atoms with E-state index in [1.165, 1.54) is 5.56 Å². The van der Waals surface area contributed by atoms with Crippen LogP contribution in [0.5, 0.6) is 0 Å². The molecule has 3 aromatic carbocycles. The van der Waals surface area contributed by atoms with Crippen LogP contribution in [-0.2, 0) is 17.8 Å². The molecule has 4 aromatic rings. The molecule has 1 aromatic heterocycles. The summed E-state index contributed by atoms with van der Waals surface area (Å²) in [5.74, 6) is 0.474. The van der Waals surface area contributed by atoms with Crippen molar-refractivity contribution < 1.29 is 4.79 Å². The van der Waals surface area contributed by atoms with Crippen molar-refractivity contribution in [1.82, 2.24) is 20.1 Å². The third-order valence-electron chi connectivity index (χ3n) is 5.26. The molecule has 1 heterocycles. The monoisotopic (exact) mass is 462 g/mol. The lowest BCUT2D eigenvalue weighted by Gasteiger charge is -2.20. The van der Waals surface area contributed by atoms with Gasteiger partial charge in [-0.2, -0.15) is 5.10 Å². The van der Waals surface area contributed by atoms with Crippen molar-refractivity contribution in [2.24, 2.45) is 0 Å². The van der Waals surface area contributed by atoms with Crippen LogP contribution < -0.4 is 5.32 Å². The first-order valence-electron chi connectivity index (χ1n) is 10.4. The van der Waals surface area contributed by atoms with Crippen LogP contribution >= 0.6 is 23.8 Å². The van der Waals surface area contributed by atoms with Gasteiger partial charge in [-0.05, 0) is 60.5 Å². The van der Waals surface area contributed by atoms with Gasteiger partial charge in [0.25, 0.3) is 0 Å². The number of aromatic amines is 1. The lowest BCUT2D eigenvalue weighted by atomic mass is 9.99. The zero-order valence-corrected chi connectivity index (χ0v) is 18.9.